The quantitative estimate of drug-likeness (QED) is 0.698. The number of halogens is 2. The third kappa shape index (κ3) is 2.00. The smallest absolute Gasteiger partial charge is 0.209 e. The number of hydrogen-bond donors (Lipinski definition) is 3. The molecule has 0 aliphatic rings. The molecule has 0 aliphatic carbocycles. The van der Waals surface area contributed by atoms with E-state index in [1.807, 2.05) is 0 Å². The summed E-state index contributed by atoms with van der Waals surface area (Å²) in [6.07, 6.45) is 0. The van der Waals surface area contributed by atoms with E-state index in [0.29, 0.717) is 0 Å². The predicted octanol–water partition coefficient (Wildman–Crippen LogP) is 0.671. The molecule has 0 radical (unpaired) electrons. The average Bonchev–Trinajstić information content (AvgIpc) is 2.24. The molecule has 0 aromatic heterocycles. The molecule has 1 aromatic rings. The van der Waals surface area contributed by atoms with Gasteiger partial charge in [0.25, 0.3) is 0 Å². The van der Waals surface area contributed by atoms with Gasteiger partial charge >= 0.3 is 0 Å². The first-order valence-corrected chi connectivity index (χ1v) is 4.14. The van der Waals surface area contributed by atoms with Gasteiger partial charge in [0.1, 0.15) is 0 Å². The number of methoxy groups -OCH3 is 1. The fourth-order valence-electron chi connectivity index (χ4n) is 1.19. The minimum Gasteiger partial charge on any atom is -0.503 e. The number of benzene rings is 1. The van der Waals surface area contributed by atoms with Crippen LogP contribution in [-0.2, 0) is 0 Å². The lowest BCUT2D eigenvalue weighted by Crippen LogP contribution is -2.16. The van der Waals surface area contributed by atoms with Crippen LogP contribution in [-0.4, -0.2) is 23.9 Å². The van der Waals surface area contributed by atoms with Crippen LogP contribution in [0.2, 0.25) is 0 Å². The highest BCUT2D eigenvalue weighted by atomic mass is 19.1. The summed E-state index contributed by atoms with van der Waals surface area (Å²) < 4.78 is 30.9. The van der Waals surface area contributed by atoms with E-state index in [-0.39, 0.29) is 11.3 Å². The van der Waals surface area contributed by atoms with Crippen molar-refractivity contribution in [2.45, 2.75) is 6.04 Å². The summed E-state index contributed by atoms with van der Waals surface area (Å²) in [6.45, 7) is -0.486. The molecule has 0 amide bonds. The summed E-state index contributed by atoms with van der Waals surface area (Å²) in [5.74, 6) is -3.86. The normalized spacial score (nSPS) is 12.6. The number of aliphatic hydroxyl groups is 1. The second kappa shape index (κ2) is 4.41. The molecule has 1 rings (SSSR count). The first kappa shape index (κ1) is 11.7. The first-order valence-electron chi connectivity index (χ1n) is 4.14. The van der Waals surface area contributed by atoms with Crippen LogP contribution in [0, 0.1) is 11.6 Å². The molecule has 1 aromatic carbocycles. The van der Waals surface area contributed by atoms with Crippen molar-refractivity contribution in [3.63, 3.8) is 0 Å². The lowest BCUT2D eigenvalue weighted by atomic mass is 10.1. The van der Waals surface area contributed by atoms with Crippen molar-refractivity contribution in [1.29, 1.82) is 0 Å². The van der Waals surface area contributed by atoms with Gasteiger partial charge in [0, 0.05) is 5.56 Å². The van der Waals surface area contributed by atoms with Gasteiger partial charge in [0.2, 0.25) is 5.82 Å². The number of hydrogen-bond acceptors (Lipinski definition) is 4. The molecule has 4 nitrogen and oxygen atoms in total. The van der Waals surface area contributed by atoms with E-state index in [1.165, 1.54) is 0 Å². The molecule has 0 heterocycles. The summed E-state index contributed by atoms with van der Waals surface area (Å²) in [6, 6.07) is -0.137. The number of ether oxygens (including phenoxy) is 1. The van der Waals surface area contributed by atoms with E-state index in [1.54, 1.807) is 0 Å². The van der Waals surface area contributed by atoms with Crippen molar-refractivity contribution in [3.05, 3.63) is 23.3 Å². The third-order valence-corrected chi connectivity index (χ3v) is 1.98. The summed E-state index contributed by atoms with van der Waals surface area (Å²) in [4.78, 5) is 0. The number of phenols is 1. The van der Waals surface area contributed by atoms with Crippen molar-refractivity contribution >= 4 is 0 Å². The molecule has 0 aliphatic heterocycles. The van der Waals surface area contributed by atoms with Crippen molar-refractivity contribution in [3.8, 4) is 11.5 Å². The number of aliphatic hydroxyl groups excluding tert-OH is 1. The highest BCUT2D eigenvalue weighted by molar-refractivity contribution is 5.44. The van der Waals surface area contributed by atoms with Gasteiger partial charge in [-0.1, -0.05) is 0 Å². The molecule has 0 spiro atoms. The van der Waals surface area contributed by atoms with Crippen LogP contribution in [0.5, 0.6) is 11.5 Å². The molecule has 1 atom stereocenters. The van der Waals surface area contributed by atoms with E-state index in [0.717, 1.165) is 13.2 Å². The zero-order chi connectivity index (χ0) is 11.6. The Labute approximate surface area is 84.9 Å². The highest BCUT2D eigenvalue weighted by Gasteiger charge is 2.21. The van der Waals surface area contributed by atoms with E-state index in [9.17, 15) is 8.78 Å². The molecule has 6 heteroatoms. The van der Waals surface area contributed by atoms with Crippen molar-refractivity contribution in [1.82, 2.24) is 0 Å². The van der Waals surface area contributed by atoms with Gasteiger partial charge < -0.3 is 20.7 Å². The maximum atomic E-state index is 13.3. The standard InChI is InChI=1S/C9H11F2NO3/c1-15-9-4(6(12)3-13)2-5(10)8(14)7(9)11/h2,6,13-14H,3,12H2,1H3. The highest BCUT2D eigenvalue weighted by Crippen LogP contribution is 2.34. The SMILES string of the molecule is COc1c(C(N)CO)cc(F)c(O)c1F. The fraction of sp³-hybridized carbons (Fsp3) is 0.333. The Kier molecular flexibility index (Phi) is 3.43. The van der Waals surface area contributed by atoms with Gasteiger partial charge in [-0.3, -0.25) is 0 Å². The Morgan fingerprint density at radius 3 is 2.60 bits per heavy atom. The van der Waals surface area contributed by atoms with Crippen LogP contribution in [0.25, 0.3) is 0 Å². The number of nitrogens with two attached hydrogens (primary N) is 1. The zero-order valence-electron chi connectivity index (χ0n) is 8.00. The Bertz CT molecular complexity index is 371. The predicted molar refractivity (Wildman–Crippen MR) is 48.6 cm³/mol. The third-order valence-electron chi connectivity index (χ3n) is 1.98. The van der Waals surface area contributed by atoms with Gasteiger partial charge in [-0.25, -0.2) is 4.39 Å². The van der Waals surface area contributed by atoms with Crippen LogP contribution in [0.4, 0.5) is 8.78 Å². The first-order chi connectivity index (χ1) is 7.02. The summed E-state index contributed by atoms with van der Waals surface area (Å²) in [5.41, 5.74) is 5.38. The molecule has 4 N–H and O–H groups in total. The Balaban J connectivity index is 3.38. The van der Waals surface area contributed by atoms with E-state index in [2.05, 4.69) is 4.74 Å². The van der Waals surface area contributed by atoms with E-state index < -0.39 is 30.0 Å². The van der Waals surface area contributed by atoms with Crippen LogP contribution < -0.4 is 10.5 Å². The van der Waals surface area contributed by atoms with Gasteiger partial charge in [-0.05, 0) is 6.07 Å². The lowest BCUT2D eigenvalue weighted by Gasteiger charge is -2.15. The van der Waals surface area contributed by atoms with Crippen molar-refractivity contribution < 1.29 is 23.7 Å². The average molecular weight is 219 g/mol. The molecule has 0 bridgehead atoms. The Morgan fingerprint density at radius 1 is 1.53 bits per heavy atom. The summed E-state index contributed by atoms with van der Waals surface area (Å²) >= 11 is 0. The van der Waals surface area contributed by atoms with E-state index in [4.69, 9.17) is 15.9 Å². The van der Waals surface area contributed by atoms with E-state index >= 15 is 0 Å². The number of rotatable bonds is 3. The van der Waals surface area contributed by atoms with Crippen molar-refractivity contribution in [2.24, 2.45) is 5.73 Å². The zero-order valence-corrected chi connectivity index (χ0v) is 8.00. The molecule has 1 unspecified atom stereocenters. The molecular weight excluding hydrogens is 208 g/mol. The number of phenolic OH excluding ortho intramolecular Hbond substituents is 1. The van der Waals surface area contributed by atoms with Crippen LogP contribution in [0.3, 0.4) is 0 Å². The monoisotopic (exact) mass is 219 g/mol. The van der Waals surface area contributed by atoms with Crippen LogP contribution in [0.1, 0.15) is 11.6 Å². The molecule has 15 heavy (non-hydrogen) atoms. The Morgan fingerprint density at radius 2 is 2.13 bits per heavy atom. The molecule has 84 valence electrons. The van der Waals surface area contributed by atoms with Crippen molar-refractivity contribution in [2.75, 3.05) is 13.7 Å². The summed E-state index contributed by atoms with van der Waals surface area (Å²) in [5, 5.41) is 17.7. The fourth-order valence-corrected chi connectivity index (χ4v) is 1.19. The van der Waals surface area contributed by atoms with Gasteiger partial charge in [-0.15, -0.1) is 0 Å². The van der Waals surface area contributed by atoms with Crippen LogP contribution in [0.15, 0.2) is 6.07 Å². The van der Waals surface area contributed by atoms with Gasteiger partial charge in [0.05, 0.1) is 19.8 Å². The molecular formula is C9H11F2NO3. The minimum atomic E-state index is -1.23. The largest absolute Gasteiger partial charge is 0.503 e. The summed E-state index contributed by atoms with van der Waals surface area (Å²) in [7, 11) is 1.16. The van der Waals surface area contributed by atoms with Gasteiger partial charge in [0.15, 0.2) is 17.3 Å². The minimum absolute atomic E-state index is 0.0344. The van der Waals surface area contributed by atoms with Crippen LogP contribution >= 0.6 is 0 Å². The lowest BCUT2D eigenvalue weighted by molar-refractivity contribution is 0.261. The number of aromatic hydroxyl groups is 1. The maximum Gasteiger partial charge on any atom is 0.209 e. The Hall–Kier alpha value is -1.40. The topological polar surface area (TPSA) is 75.7 Å². The molecule has 0 saturated carbocycles. The molecule has 0 saturated heterocycles. The van der Waals surface area contributed by atoms with Gasteiger partial charge in [-0.2, -0.15) is 4.39 Å². The molecule has 0 fully saturated rings. The second-order valence-electron chi connectivity index (χ2n) is 2.93. The second-order valence-corrected chi connectivity index (χ2v) is 2.93. The maximum absolute atomic E-state index is 13.3.